The van der Waals surface area contributed by atoms with Crippen molar-refractivity contribution >= 4 is 25.5 Å². The SMILES string of the molecule is CC(c1ccccc1)P1(=O)OCC2(CO1)COP(=O)(C(C)c1ccccc1)SC2. The minimum atomic E-state index is -3.25. The highest BCUT2D eigenvalue weighted by Crippen LogP contribution is 2.74. The predicted molar refractivity (Wildman–Crippen MR) is 118 cm³/mol. The van der Waals surface area contributed by atoms with E-state index in [1.807, 2.05) is 74.5 Å². The molecule has 8 heteroatoms. The Bertz CT molecular complexity index is 832. The molecule has 0 aliphatic carbocycles. The van der Waals surface area contributed by atoms with E-state index in [0.29, 0.717) is 5.75 Å². The van der Waals surface area contributed by atoms with Crippen molar-refractivity contribution in [1.82, 2.24) is 0 Å². The van der Waals surface area contributed by atoms with E-state index in [0.717, 1.165) is 11.1 Å². The van der Waals surface area contributed by atoms with E-state index in [2.05, 4.69) is 0 Å². The third kappa shape index (κ3) is 4.30. The summed E-state index contributed by atoms with van der Waals surface area (Å²) >= 11 is 1.36. The van der Waals surface area contributed by atoms with Crippen LogP contribution >= 0.6 is 25.5 Å². The molecule has 5 nitrogen and oxygen atoms in total. The second kappa shape index (κ2) is 8.34. The van der Waals surface area contributed by atoms with Crippen molar-refractivity contribution in [2.75, 3.05) is 25.6 Å². The first-order chi connectivity index (χ1) is 13.9. The van der Waals surface area contributed by atoms with Crippen LogP contribution in [0.2, 0.25) is 0 Å². The van der Waals surface area contributed by atoms with Crippen LogP contribution < -0.4 is 0 Å². The van der Waals surface area contributed by atoms with Crippen molar-refractivity contribution < 1.29 is 22.7 Å². The van der Waals surface area contributed by atoms with Gasteiger partial charge in [-0.15, -0.1) is 0 Å². The summed E-state index contributed by atoms with van der Waals surface area (Å²) in [6.07, 6.45) is 0. The summed E-state index contributed by atoms with van der Waals surface area (Å²) in [5, 5.41) is 0. The first kappa shape index (κ1) is 21.4. The van der Waals surface area contributed by atoms with E-state index in [1.165, 1.54) is 11.4 Å². The Kier molecular flexibility index (Phi) is 6.14. The molecule has 2 fully saturated rings. The summed E-state index contributed by atoms with van der Waals surface area (Å²) < 4.78 is 44.3. The lowest BCUT2D eigenvalue weighted by Gasteiger charge is -2.44. The van der Waals surface area contributed by atoms with Crippen LogP contribution in [0.4, 0.5) is 0 Å². The molecule has 2 aliphatic heterocycles. The first-order valence-corrected chi connectivity index (χ1v) is 14.6. The van der Waals surface area contributed by atoms with Crippen molar-refractivity contribution in [1.29, 1.82) is 0 Å². The standard InChI is InChI=1S/C21H26O5P2S/c1-17(19-9-5-3-6-10-19)27(22)24-13-21(14-25-27)15-26-28(23,29-16-21)18(2)20-11-7-4-8-12-20/h3-12,17-18H,13-16H2,1-2H3. The molecule has 2 heterocycles. The van der Waals surface area contributed by atoms with Crippen LogP contribution in [-0.2, 0) is 22.7 Å². The fourth-order valence-electron chi connectivity index (χ4n) is 3.51. The van der Waals surface area contributed by atoms with Gasteiger partial charge in [0.2, 0.25) is 0 Å². The maximum Gasteiger partial charge on any atom is 0.337 e. The summed E-state index contributed by atoms with van der Waals surface area (Å²) in [7, 11) is -3.25. The number of hydrogen-bond donors (Lipinski definition) is 0. The predicted octanol–water partition coefficient (Wildman–Crippen LogP) is 6.69. The second-order valence-electron chi connectivity index (χ2n) is 7.85. The molecule has 2 aliphatic rings. The lowest BCUT2D eigenvalue weighted by atomic mass is 9.94. The van der Waals surface area contributed by atoms with Gasteiger partial charge in [0.15, 0.2) is 0 Å². The van der Waals surface area contributed by atoms with E-state index in [-0.39, 0.29) is 31.1 Å². The van der Waals surface area contributed by atoms with Crippen LogP contribution in [0, 0.1) is 5.41 Å². The molecule has 2 saturated heterocycles. The van der Waals surface area contributed by atoms with Crippen LogP contribution in [0.1, 0.15) is 36.3 Å². The molecule has 0 saturated carbocycles. The molecular formula is C21H26O5P2S. The largest absolute Gasteiger partial charge is 0.337 e. The summed E-state index contributed by atoms with van der Waals surface area (Å²) in [4.78, 5) is 0. The number of benzene rings is 2. The van der Waals surface area contributed by atoms with Gasteiger partial charge in [-0.3, -0.25) is 9.13 Å². The molecule has 4 rings (SSSR count). The minimum Gasteiger partial charge on any atom is -0.320 e. The maximum absolute atomic E-state index is 13.4. The van der Waals surface area contributed by atoms with Crippen LogP contribution in [0.25, 0.3) is 0 Å². The molecular weight excluding hydrogens is 426 g/mol. The second-order valence-corrected chi connectivity index (χ2v) is 15.2. The molecule has 0 aromatic heterocycles. The zero-order valence-corrected chi connectivity index (χ0v) is 19.2. The number of hydrogen-bond acceptors (Lipinski definition) is 6. The Labute approximate surface area is 176 Å². The monoisotopic (exact) mass is 452 g/mol. The highest BCUT2D eigenvalue weighted by molar-refractivity contribution is 8.56. The third-order valence-corrected chi connectivity index (χ3v) is 13.5. The molecule has 3 atom stereocenters. The van der Waals surface area contributed by atoms with Crippen LogP contribution in [0.15, 0.2) is 60.7 Å². The van der Waals surface area contributed by atoms with Gasteiger partial charge in [0, 0.05) is 5.75 Å². The van der Waals surface area contributed by atoms with Crippen molar-refractivity contribution in [3.05, 3.63) is 71.8 Å². The molecule has 2 aromatic carbocycles. The van der Waals surface area contributed by atoms with Gasteiger partial charge in [-0.2, -0.15) is 0 Å². The molecule has 0 bridgehead atoms. The lowest BCUT2D eigenvalue weighted by Crippen LogP contribution is -2.43. The Morgan fingerprint density at radius 3 is 1.76 bits per heavy atom. The van der Waals surface area contributed by atoms with Gasteiger partial charge in [-0.25, -0.2) is 0 Å². The summed E-state index contributed by atoms with van der Waals surface area (Å²) in [6.45, 7) is 1.80. The third-order valence-electron chi connectivity index (χ3n) is 5.72. The Morgan fingerprint density at radius 1 is 0.793 bits per heavy atom. The Morgan fingerprint density at radius 2 is 1.28 bits per heavy atom. The van der Waals surface area contributed by atoms with E-state index in [9.17, 15) is 9.13 Å². The highest BCUT2D eigenvalue weighted by Gasteiger charge is 2.51. The topological polar surface area (TPSA) is 61.8 Å². The molecule has 3 unspecified atom stereocenters. The quantitative estimate of drug-likeness (QED) is 0.482. The van der Waals surface area contributed by atoms with Gasteiger partial charge in [-0.1, -0.05) is 72.0 Å². The Hall–Kier alpha value is -0.870. The van der Waals surface area contributed by atoms with Crippen molar-refractivity contribution in [2.45, 2.75) is 25.2 Å². The molecule has 156 valence electrons. The van der Waals surface area contributed by atoms with Gasteiger partial charge in [0.1, 0.15) is 0 Å². The first-order valence-electron chi connectivity index (χ1n) is 9.73. The van der Waals surface area contributed by atoms with E-state index in [4.69, 9.17) is 13.6 Å². The average Bonchev–Trinajstić information content (AvgIpc) is 2.78. The molecule has 0 N–H and O–H groups in total. The minimum absolute atomic E-state index is 0.180. The zero-order chi connectivity index (χ0) is 20.5. The van der Waals surface area contributed by atoms with Crippen molar-refractivity contribution in [3.63, 3.8) is 0 Å². The fraction of sp³-hybridized carbons (Fsp3) is 0.429. The average molecular weight is 452 g/mol. The smallest absolute Gasteiger partial charge is 0.320 e. The van der Waals surface area contributed by atoms with Gasteiger partial charge in [0.25, 0.3) is 6.57 Å². The van der Waals surface area contributed by atoms with Crippen LogP contribution in [0.5, 0.6) is 0 Å². The lowest BCUT2D eigenvalue weighted by molar-refractivity contribution is -0.000942. The molecule has 0 amide bonds. The summed E-state index contributed by atoms with van der Waals surface area (Å²) in [6, 6.07) is 19.4. The number of rotatable bonds is 4. The molecule has 2 aromatic rings. The fourth-order valence-corrected chi connectivity index (χ4v) is 10.5. The van der Waals surface area contributed by atoms with Gasteiger partial charge in [-0.05, 0) is 25.0 Å². The summed E-state index contributed by atoms with van der Waals surface area (Å²) in [5.41, 5.74) is 1.01. The molecule has 1 spiro atoms. The van der Waals surface area contributed by atoms with Gasteiger partial charge < -0.3 is 13.6 Å². The summed E-state index contributed by atoms with van der Waals surface area (Å²) in [5.74, 6) is 0.598. The van der Waals surface area contributed by atoms with Gasteiger partial charge in [0.05, 0.1) is 36.6 Å². The van der Waals surface area contributed by atoms with E-state index in [1.54, 1.807) is 0 Å². The van der Waals surface area contributed by atoms with Crippen LogP contribution in [-0.4, -0.2) is 25.6 Å². The van der Waals surface area contributed by atoms with E-state index >= 15 is 0 Å². The maximum atomic E-state index is 13.4. The molecule has 0 radical (unpaired) electrons. The Balaban J connectivity index is 1.40. The van der Waals surface area contributed by atoms with Gasteiger partial charge >= 0.3 is 7.60 Å². The van der Waals surface area contributed by atoms with Crippen LogP contribution in [0.3, 0.4) is 0 Å². The molecule has 29 heavy (non-hydrogen) atoms. The van der Waals surface area contributed by atoms with Crippen molar-refractivity contribution in [2.24, 2.45) is 5.41 Å². The highest BCUT2D eigenvalue weighted by atomic mass is 32.7. The zero-order valence-electron chi connectivity index (χ0n) is 16.6. The normalized spacial score (nSPS) is 34.6. The van der Waals surface area contributed by atoms with Crippen molar-refractivity contribution in [3.8, 4) is 0 Å². The van der Waals surface area contributed by atoms with E-state index < -0.39 is 19.6 Å².